The van der Waals surface area contributed by atoms with Crippen LogP contribution in [0.1, 0.15) is 22.3 Å². The molecule has 0 aliphatic rings. The molecule has 2 aromatic rings. The number of hydrogen-bond acceptors (Lipinski definition) is 2. The van der Waals surface area contributed by atoms with Crippen LogP contribution in [0.25, 0.3) is 11.6 Å². The average molecular weight is 328 g/mol. The van der Waals surface area contributed by atoms with Gasteiger partial charge in [0.1, 0.15) is 5.75 Å². The number of halogens is 1. The normalized spacial score (nSPS) is 11.2. The molecule has 0 heterocycles. The summed E-state index contributed by atoms with van der Waals surface area (Å²) in [6.45, 7) is 3.70. The Morgan fingerprint density at radius 3 is 2.40 bits per heavy atom. The molecule has 3 heteroatoms. The lowest BCUT2D eigenvalue weighted by atomic mass is 10.0. The number of phenolic OH excluding ortho intramolecular Hbond substituents is 1. The van der Waals surface area contributed by atoms with E-state index in [2.05, 4.69) is 22.0 Å². The second-order valence-corrected chi connectivity index (χ2v) is 5.60. The fraction of sp³-hybridized carbons (Fsp3) is 0.118. The SMILES string of the molecule is Cc1cc(/C=C(/C#N)c2cccc(Br)c2)cc(C)c1O. The number of nitrogens with zero attached hydrogens (tertiary/aromatic N) is 1. The molecule has 0 saturated heterocycles. The topological polar surface area (TPSA) is 44.0 Å². The molecule has 0 unspecified atom stereocenters. The minimum Gasteiger partial charge on any atom is -0.507 e. The van der Waals surface area contributed by atoms with Crippen LogP contribution in [0, 0.1) is 25.2 Å². The molecule has 0 spiro atoms. The zero-order valence-electron chi connectivity index (χ0n) is 11.3. The highest BCUT2D eigenvalue weighted by Crippen LogP contribution is 2.26. The highest BCUT2D eigenvalue weighted by molar-refractivity contribution is 9.10. The first-order valence-corrected chi connectivity index (χ1v) is 6.98. The van der Waals surface area contributed by atoms with E-state index in [9.17, 15) is 10.4 Å². The number of benzene rings is 2. The molecule has 0 saturated carbocycles. The molecule has 0 aromatic heterocycles. The number of aryl methyl sites for hydroxylation is 2. The monoisotopic (exact) mass is 327 g/mol. The van der Waals surface area contributed by atoms with Crippen molar-refractivity contribution in [2.75, 3.05) is 0 Å². The van der Waals surface area contributed by atoms with Crippen LogP contribution in [-0.2, 0) is 0 Å². The van der Waals surface area contributed by atoms with Crippen molar-refractivity contribution in [1.29, 1.82) is 5.26 Å². The third kappa shape index (κ3) is 3.09. The minimum atomic E-state index is 0.308. The molecule has 0 atom stereocenters. The Morgan fingerprint density at radius 2 is 1.85 bits per heavy atom. The Balaban J connectivity index is 2.50. The van der Waals surface area contributed by atoms with Crippen molar-refractivity contribution < 1.29 is 5.11 Å². The quantitative estimate of drug-likeness (QED) is 0.633. The fourth-order valence-electron chi connectivity index (χ4n) is 2.08. The minimum absolute atomic E-state index is 0.308. The number of phenols is 1. The number of hydrogen-bond donors (Lipinski definition) is 1. The van der Waals surface area contributed by atoms with Gasteiger partial charge in [-0.25, -0.2) is 0 Å². The van der Waals surface area contributed by atoms with Crippen molar-refractivity contribution in [3.05, 3.63) is 63.1 Å². The summed E-state index contributed by atoms with van der Waals surface area (Å²) in [5, 5.41) is 19.1. The highest BCUT2D eigenvalue weighted by atomic mass is 79.9. The summed E-state index contributed by atoms with van der Waals surface area (Å²) in [6.07, 6.45) is 1.83. The smallest absolute Gasteiger partial charge is 0.121 e. The maximum atomic E-state index is 9.78. The van der Waals surface area contributed by atoms with Crippen molar-refractivity contribution in [3.63, 3.8) is 0 Å². The van der Waals surface area contributed by atoms with E-state index in [1.807, 2.05) is 56.3 Å². The van der Waals surface area contributed by atoms with Crippen LogP contribution in [0.5, 0.6) is 5.75 Å². The molecule has 0 bridgehead atoms. The third-order valence-electron chi connectivity index (χ3n) is 3.08. The molecule has 0 aliphatic carbocycles. The molecular formula is C17H14BrNO. The summed E-state index contributed by atoms with van der Waals surface area (Å²) in [5.41, 5.74) is 3.99. The van der Waals surface area contributed by atoms with E-state index < -0.39 is 0 Å². The van der Waals surface area contributed by atoms with Gasteiger partial charge in [0.25, 0.3) is 0 Å². The molecule has 0 amide bonds. The Bertz CT molecular complexity index is 703. The molecule has 1 N–H and O–H groups in total. The Morgan fingerprint density at radius 1 is 1.20 bits per heavy atom. The summed E-state index contributed by atoms with van der Waals surface area (Å²) in [5.74, 6) is 0.308. The van der Waals surface area contributed by atoms with Gasteiger partial charge in [0.15, 0.2) is 0 Å². The zero-order valence-corrected chi connectivity index (χ0v) is 12.9. The van der Waals surface area contributed by atoms with Crippen LogP contribution in [-0.4, -0.2) is 5.11 Å². The van der Waals surface area contributed by atoms with Crippen LogP contribution in [0.3, 0.4) is 0 Å². The molecule has 2 aromatic carbocycles. The van der Waals surface area contributed by atoms with Gasteiger partial charge in [-0.05, 0) is 66.4 Å². The predicted molar refractivity (Wildman–Crippen MR) is 85.2 cm³/mol. The molecule has 2 rings (SSSR count). The molecule has 0 radical (unpaired) electrons. The van der Waals surface area contributed by atoms with E-state index in [-0.39, 0.29) is 0 Å². The van der Waals surface area contributed by atoms with Crippen molar-refractivity contribution in [2.24, 2.45) is 0 Å². The van der Waals surface area contributed by atoms with Crippen LogP contribution < -0.4 is 0 Å². The largest absolute Gasteiger partial charge is 0.507 e. The van der Waals surface area contributed by atoms with Gasteiger partial charge in [-0.1, -0.05) is 28.1 Å². The Labute approximate surface area is 127 Å². The summed E-state index contributed by atoms with van der Waals surface area (Å²) >= 11 is 3.41. The molecule has 0 fully saturated rings. The lowest BCUT2D eigenvalue weighted by molar-refractivity contribution is 0.467. The fourth-order valence-corrected chi connectivity index (χ4v) is 2.47. The molecule has 20 heavy (non-hydrogen) atoms. The van der Waals surface area contributed by atoms with Gasteiger partial charge >= 0.3 is 0 Å². The maximum Gasteiger partial charge on any atom is 0.121 e. The van der Waals surface area contributed by atoms with Crippen LogP contribution >= 0.6 is 15.9 Å². The van der Waals surface area contributed by atoms with Gasteiger partial charge in [0, 0.05) is 4.47 Å². The summed E-state index contributed by atoms with van der Waals surface area (Å²) < 4.78 is 0.939. The zero-order chi connectivity index (χ0) is 14.7. The van der Waals surface area contributed by atoms with Gasteiger partial charge in [0.2, 0.25) is 0 Å². The van der Waals surface area contributed by atoms with Crippen molar-refractivity contribution in [2.45, 2.75) is 13.8 Å². The summed E-state index contributed by atoms with van der Waals surface area (Å²) in [6, 6.07) is 13.6. The van der Waals surface area contributed by atoms with Crippen molar-refractivity contribution in [1.82, 2.24) is 0 Å². The number of aromatic hydroxyl groups is 1. The molecule has 2 nitrogen and oxygen atoms in total. The lowest BCUT2D eigenvalue weighted by Gasteiger charge is -2.06. The first kappa shape index (κ1) is 14.4. The van der Waals surface area contributed by atoms with Gasteiger partial charge in [-0.15, -0.1) is 0 Å². The van der Waals surface area contributed by atoms with Crippen molar-refractivity contribution >= 4 is 27.6 Å². The average Bonchev–Trinajstić information content (AvgIpc) is 2.42. The lowest BCUT2D eigenvalue weighted by Crippen LogP contribution is -1.86. The van der Waals surface area contributed by atoms with Gasteiger partial charge in [-0.2, -0.15) is 5.26 Å². The van der Waals surface area contributed by atoms with Crippen molar-refractivity contribution in [3.8, 4) is 11.8 Å². The van der Waals surface area contributed by atoms with E-state index in [0.717, 1.165) is 26.7 Å². The van der Waals surface area contributed by atoms with E-state index in [1.54, 1.807) is 0 Å². The summed E-state index contributed by atoms with van der Waals surface area (Å²) in [7, 11) is 0. The third-order valence-corrected chi connectivity index (χ3v) is 3.57. The van der Waals surface area contributed by atoms with E-state index >= 15 is 0 Å². The first-order valence-electron chi connectivity index (χ1n) is 6.19. The van der Waals surface area contributed by atoms with Crippen LogP contribution in [0.4, 0.5) is 0 Å². The Hall–Kier alpha value is -2.05. The predicted octanol–water partition coefficient (Wildman–Crippen LogP) is 4.84. The van der Waals surface area contributed by atoms with E-state index in [0.29, 0.717) is 11.3 Å². The van der Waals surface area contributed by atoms with Gasteiger partial charge in [0.05, 0.1) is 11.6 Å². The van der Waals surface area contributed by atoms with Gasteiger partial charge in [-0.3, -0.25) is 0 Å². The number of rotatable bonds is 2. The standard InChI is InChI=1S/C17H14BrNO/c1-11-6-13(7-12(2)17(11)20)8-15(10-19)14-4-3-5-16(18)9-14/h3-9,20H,1-2H3/b15-8-. The van der Waals surface area contributed by atoms with Gasteiger partial charge < -0.3 is 5.11 Å². The molecule has 0 aliphatic heterocycles. The number of allylic oxidation sites excluding steroid dienone is 1. The maximum absolute atomic E-state index is 9.78. The van der Waals surface area contributed by atoms with E-state index in [4.69, 9.17) is 0 Å². The number of nitriles is 1. The molecular weight excluding hydrogens is 314 g/mol. The first-order chi connectivity index (χ1) is 9.51. The Kier molecular flexibility index (Phi) is 4.26. The van der Waals surface area contributed by atoms with Crippen LogP contribution in [0.2, 0.25) is 0 Å². The second-order valence-electron chi connectivity index (χ2n) is 4.68. The summed E-state index contributed by atoms with van der Waals surface area (Å²) in [4.78, 5) is 0. The van der Waals surface area contributed by atoms with Crippen LogP contribution in [0.15, 0.2) is 40.9 Å². The van der Waals surface area contributed by atoms with E-state index in [1.165, 1.54) is 0 Å². The highest BCUT2D eigenvalue weighted by Gasteiger charge is 2.05. The second kappa shape index (κ2) is 5.94. The molecule has 100 valence electrons.